The maximum absolute atomic E-state index is 13.2. The zero-order valence-electron chi connectivity index (χ0n) is 21.9. The van der Waals surface area contributed by atoms with E-state index in [0.29, 0.717) is 28.5 Å². The molecule has 9 nitrogen and oxygen atoms in total. The van der Waals surface area contributed by atoms with Gasteiger partial charge in [-0.1, -0.05) is 32.1 Å². The molecular weight excluding hydrogens is 466 g/mol. The van der Waals surface area contributed by atoms with Gasteiger partial charge < -0.3 is 15.7 Å². The number of nitrogens with zero attached hydrogens (tertiary/aromatic N) is 5. The highest BCUT2D eigenvalue weighted by Gasteiger charge is 2.30. The van der Waals surface area contributed by atoms with Crippen molar-refractivity contribution >= 4 is 22.7 Å². The summed E-state index contributed by atoms with van der Waals surface area (Å²) < 4.78 is 3.17. The second-order valence-electron chi connectivity index (χ2n) is 10.8. The van der Waals surface area contributed by atoms with Crippen LogP contribution in [0.15, 0.2) is 60.0 Å². The van der Waals surface area contributed by atoms with Crippen molar-refractivity contribution in [3.05, 3.63) is 82.4 Å². The third-order valence-corrected chi connectivity index (χ3v) is 6.91. The number of nitrogens with one attached hydrogen (secondary N) is 2. The first-order chi connectivity index (χ1) is 17.5. The minimum Gasteiger partial charge on any atom is -0.384 e. The van der Waals surface area contributed by atoms with Crippen LogP contribution in [0.3, 0.4) is 0 Å². The molecule has 0 saturated heterocycles. The van der Waals surface area contributed by atoms with Gasteiger partial charge in [-0.05, 0) is 56.2 Å². The van der Waals surface area contributed by atoms with Gasteiger partial charge in [0.2, 0.25) is 5.95 Å². The molecule has 5 rings (SSSR count). The lowest BCUT2D eigenvalue weighted by Crippen LogP contribution is -2.40. The van der Waals surface area contributed by atoms with E-state index in [9.17, 15) is 9.90 Å². The molecule has 0 aliphatic carbocycles. The summed E-state index contributed by atoms with van der Waals surface area (Å²) in [5.74, 6) is 0.834. The summed E-state index contributed by atoms with van der Waals surface area (Å²) in [6.45, 7) is 15.0. The quantitative estimate of drug-likeness (QED) is 0.343. The van der Waals surface area contributed by atoms with Gasteiger partial charge in [0, 0.05) is 29.9 Å². The molecule has 0 unspecified atom stereocenters. The lowest BCUT2D eigenvalue weighted by atomic mass is 9.77. The van der Waals surface area contributed by atoms with E-state index in [4.69, 9.17) is 4.98 Å². The highest BCUT2D eigenvalue weighted by molar-refractivity contribution is 5.77. The first-order valence-electron chi connectivity index (χ1n) is 12.4. The van der Waals surface area contributed by atoms with Crippen molar-refractivity contribution in [2.24, 2.45) is 0 Å². The minimum atomic E-state index is -1.14. The second-order valence-corrected chi connectivity index (χ2v) is 10.8. The number of pyridine rings is 1. The Bertz CT molecular complexity index is 1560. The van der Waals surface area contributed by atoms with Crippen molar-refractivity contribution in [3.63, 3.8) is 0 Å². The van der Waals surface area contributed by atoms with E-state index >= 15 is 0 Å². The maximum atomic E-state index is 13.2. The van der Waals surface area contributed by atoms with Crippen LogP contribution in [0, 0.1) is 0 Å². The lowest BCUT2D eigenvalue weighted by molar-refractivity contribution is 0.0738. The molecule has 1 atom stereocenters. The Kier molecular flexibility index (Phi) is 6.00. The fourth-order valence-electron chi connectivity index (χ4n) is 4.85. The minimum absolute atomic E-state index is 0.0462. The van der Waals surface area contributed by atoms with Gasteiger partial charge in [0.1, 0.15) is 11.0 Å². The average Bonchev–Trinajstić information content (AvgIpc) is 3.12. The van der Waals surface area contributed by atoms with Gasteiger partial charge in [-0.25, -0.2) is 19.3 Å². The number of hydrogen-bond donors (Lipinski definition) is 3. The van der Waals surface area contributed by atoms with Crippen LogP contribution in [-0.2, 0) is 17.6 Å². The number of anilines is 2. The second kappa shape index (κ2) is 8.93. The topological polar surface area (TPSA) is 110 Å². The summed E-state index contributed by atoms with van der Waals surface area (Å²) in [6.07, 6.45) is 3.18. The predicted octanol–water partition coefficient (Wildman–Crippen LogP) is 4.08. The van der Waals surface area contributed by atoms with Gasteiger partial charge in [0.05, 0.1) is 12.2 Å². The van der Waals surface area contributed by atoms with E-state index in [-0.39, 0.29) is 23.6 Å². The normalized spacial score (nSPS) is 17.0. The van der Waals surface area contributed by atoms with Gasteiger partial charge >= 0.3 is 0 Å². The standard InChI is InChI=1S/C28H33N7O2/c1-7-13-34-25(36)20-15-29-26(31-18-11-12-21-19(14-18)17(2)30-16-27(21,3)4)33-24(20)35(34)23-10-8-9-22(32-23)28(5,6)37/h7-12,14-15,17,30,37H,1,13,16H2,2-6H3,(H,29,31,33)/t17-/m1/s1. The first kappa shape index (κ1) is 24.9. The van der Waals surface area contributed by atoms with Crippen molar-refractivity contribution < 1.29 is 5.11 Å². The molecule has 1 aromatic carbocycles. The molecule has 37 heavy (non-hydrogen) atoms. The van der Waals surface area contributed by atoms with Gasteiger partial charge in [-0.2, -0.15) is 4.98 Å². The van der Waals surface area contributed by atoms with Crippen LogP contribution in [0.1, 0.15) is 57.5 Å². The molecule has 0 spiro atoms. The van der Waals surface area contributed by atoms with Crippen LogP contribution in [0.25, 0.3) is 16.9 Å². The zero-order valence-corrected chi connectivity index (χ0v) is 21.9. The Morgan fingerprint density at radius 1 is 1.27 bits per heavy atom. The van der Waals surface area contributed by atoms with Crippen LogP contribution in [0.4, 0.5) is 11.6 Å². The molecule has 0 bridgehead atoms. The Hall–Kier alpha value is -3.82. The van der Waals surface area contributed by atoms with E-state index in [1.54, 1.807) is 42.8 Å². The third kappa shape index (κ3) is 4.45. The Labute approximate surface area is 215 Å². The van der Waals surface area contributed by atoms with Crippen molar-refractivity contribution in [2.45, 2.75) is 58.2 Å². The number of aromatic nitrogens is 5. The van der Waals surface area contributed by atoms with Crippen molar-refractivity contribution in [1.82, 2.24) is 29.6 Å². The Balaban J connectivity index is 1.61. The highest BCUT2D eigenvalue weighted by atomic mass is 16.3. The number of rotatable bonds is 6. The average molecular weight is 500 g/mol. The molecule has 0 saturated carbocycles. The van der Waals surface area contributed by atoms with E-state index in [2.05, 4.69) is 60.1 Å². The van der Waals surface area contributed by atoms with Gasteiger partial charge in [0.15, 0.2) is 11.5 Å². The highest BCUT2D eigenvalue weighted by Crippen LogP contribution is 2.36. The Morgan fingerprint density at radius 2 is 2.05 bits per heavy atom. The molecular formula is C28H33N7O2. The summed E-state index contributed by atoms with van der Waals surface area (Å²) in [4.78, 5) is 27.0. The molecule has 3 aromatic heterocycles. The fourth-order valence-corrected chi connectivity index (χ4v) is 4.85. The molecule has 0 amide bonds. The Morgan fingerprint density at radius 3 is 2.78 bits per heavy atom. The van der Waals surface area contributed by atoms with Crippen molar-refractivity contribution in [2.75, 3.05) is 11.9 Å². The number of fused-ring (bicyclic) bond motifs is 2. The largest absolute Gasteiger partial charge is 0.384 e. The summed E-state index contributed by atoms with van der Waals surface area (Å²) in [5.41, 5.74) is 2.99. The van der Waals surface area contributed by atoms with Crippen LogP contribution in [0.2, 0.25) is 0 Å². The van der Waals surface area contributed by atoms with Crippen molar-refractivity contribution in [1.29, 1.82) is 0 Å². The summed E-state index contributed by atoms with van der Waals surface area (Å²) in [6, 6.07) is 11.9. The summed E-state index contributed by atoms with van der Waals surface area (Å²) >= 11 is 0. The van der Waals surface area contributed by atoms with Gasteiger partial charge in [-0.15, -0.1) is 6.58 Å². The lowest BCUT2D eigenvalue weighted by Gasteiger charge is -2.37. The van der Waals surface area contributed by atoms with Crippen molar-refractivity contribution in [3.8, 4) is 5.82 Å². The van der Waals surface area contributed by atoms with E-state index in [1.807, 2.05) is 6.07 Å². The van der Waals surface area contributed by atoms with Gasteiger partial charge in [-0.3, -0.25) is 4.79 Å². The number of hydrogen-bond acceptors (Lipinski definition) is 7. The third-order valence-electron chi connectivity index (χ3n) is 6.91. The van der Waals surface area contributed by atoms with Crippen LogP contribution in [0.5, 0.6) is 0 Å². The molecule has 0 fully saturated rings. The fraction of sp³-hybridized carbons (Fsp3) is 0.357. The molecule has 1 aliphatic heterocycles. The molecule has 192 valence electrons. The van der Waals surface area contributed by atoms with Crippen LogP contribution >= 0.6 is 0 Å². The number of aliphatic hydroxyl groups is 1. The predicted molar refractivity (Wildman–Crippen MR) is 146 cm³/mol. The zero-order chi connectivity index (χ0) is 26.5. The van der Waals surface area contributed by atoms with Gasteiger partial charge in [0.25, 0.3) is 5.56 Å². The SMILES string of the molecule is C=CCn1c(=O)c2cnc(Nc3ccc4c(c3)[C@@H](C)NCC4(C)C)nc2n1-c1cccc(C(C)(C)O)n1. The smallest absolute Gasteiger partial charge is 0.278 e. The number of allylic oxidation sites excluding steroid dienone is 1. The van der Waals surface area contributed by atoms with E-state index in [0.717, 1.165) is 12.2 Å². The van der Waals surface area contributed by atoms with Crippen LogP contribution < -0.4 is 16.2 Å². The monoisotopic (exact) mass is 499 g/mol. The molecule has 9 heteroatoms. The van der Waals surface area contributed by atoms with E-state index < -0.39 is 5.60 Å². The van der Waals surface area contributed by atoms with Crippen LogP contribution in [-0.4, -0.2) is 36.0 Å². The molecule has 4 heterocycles. The molecule has 3 N–H and O–H groups in total. The molecule has 1 aliphatic rings. The molecule has 0 radical (unpaired) electrons. The first-order valence-corrected chi connectivity index (χ1v) is 12.4. The van der Waals surface area contributed by atoms with E-state index in [1.165, 1.54) is 22.0 Å². The number of benzene rings is 1. The molecule has 4 aromatic rings. The summed E-state index contributed by atoms with van der Waals surface area (Å²) in [7, 11) is 0. The summed E-state index contributed by atoms with van der Waals surface area (Å²) in [5, 5.41) is 17.8. The maximum Gasteiger partial charge on any atom is 0.278 e.